The Morgan fingerprint density at radius 1 is 1.35 bits per heavy atom. The zero-order valence-corrected chi connectivity index (χ0v) is 12.1. The van der Waals surface area contributed by atoms with Crippen molar-refractivity contribution < 1.29 is 8.42 Å². The molecule has 2 aromatic rings. The molecule has 1 fully saturated rings. The summed E-state index contributed by atoms with van der Waals surface area (Å²) in [6, 6.07) is 7.89. The number of H-pyrrole nitrogens is 1. The first-order valence-corrected chi connectivity index (χ1v) is 8.10. The minimum Gasteiger partial charge on any atom is -0.335 e. The number of imidazole rings is 1. The molecule has 1 atom stereocenters. The normalized spacial score (nSPS) is 20.4. The molecule has 1 saturated heterocycles. The molecule has 106 valence electrons. The Bertz CT molecular complexity index is 695. The van der Waals surface area contributed by atoms with Crippen molar-refractivity contribution in [3.8, 4) is 0 Å². The molecule has 3 rings (SSSR count). The summed E-state index contributed by atoms with van der Waals surface area (Å²) in [6.07, 6.45) is 4.50. The maximum absolute atomic E-state index is 12.6. The summed E-state index contributed by atoms with van der Waals surface area (Å²) in [5, 5.41) is 0.165. The van der Waals surface area contributed by atoms with Gasteiger partial charge in [-0.2, -0.15) is 4.31 Å². The lowest BCUT2D eigenvalue weighted by Gasteiger charge is -2.24. The Balaban J connectivity index is 2.00. The molecule has 1 aromatic carbocycles. The van der Waals surface area contributed by atoms with Crippen LogP contribution in [0.4, 0.5) is 0 Å². The number of hydrogen-bond donors (Lipinski definition) is 1. The van der Waals surface area contributed by atoms with Crippen molar-refractivity contribution in [1.82, 2.24) is 14.3 Å². The molecule has 0 aliphatic carbocycles. The van der Waals surface area contributed by atoms with Crippen molar-refractivity contribution in [2.45, 2.75) is 30.8 Å². The third kappa shape index (κ3) is 2.14. The van der Waals surface area contributed by atoms with E-state index in [1.54, 1.807) is 4.31 Å². The maximum atomic E-state index is 12.6. The second-order valence-corrected chi connectivity index (χ2v) is 6.91. The van der Waals surface area contributed by atoms with Gasteiger partial charge >= 0.3 is 0 Å². The Morgan fingerprint density at radius 3 is 2.85 bits per heavy atom. The van der Waals surface area contributed by atoms with Gasteiger partial charge in [-0.3, -0.25) is 0 Å². The molecule has 0 radical (unpaired) electrons. The van der Waals surface area contributed by atoms with E-state index >= 15 is 0 Å². The Morgan fingerprint density at radius 2 is 2.15 bits per heavy atom. The zero-order chi connectivity index (χ0) is 14.2. The molecule has 6 heteroatoms. The number of rotatable bonds is 3. The van der Waals surface area contributed by atoms with E-state index in [1.807, 2.05) is 31.2 Å². The van der Waals surface area contributed by atoms with Crippen molar-refractivity contribution in [3.63, 3.8) is 0 Å². The zero-order valence-electron chi connectivity index (χ0n) is 11.3. The molecule has 1 aliphatic heterocycles. The highest BCUT2D eigenvalue weighted by molar-refractivity contribution is 7.89. The lowest BCUT2D eigenvalue weighted by Crippen LogP contribution is -2.31. The molecule has 20 heavy (non-hydrogen) atoms. The van der Waals surface area contributed by atoms with Gasteiger partial charge in [-0.25, -0.2) is 13.4 Å². The Hall–Kier alpha value is -1.66. The number of aromatic nitrogens is 2. The van der Waals surface area contributed by atoms with E-state index in [0.717, 1.165) is 24.0 Å². The first kappa shape index (κ1) is 13.3. The largest absolute Gasteiger partial charge is 0.335 e. The smallest absolute Gasteiger partial charge is 0.260 e. The molecule has 1 aromatic heterocycles. The van der Waals surface area contributed by atoms with Gasteiger partial charge in [0.05, 0.1) is 18.6 Å². The summed E-state index contributed by atoms with van der Waals surface area (Å²) < 4.78 is 26.9. The van der Waals surface area contributed by atoms with E-state index in [1.165, 1.54) is 12.5 Å². The molecule has 1 aliphatic rings. The lowest BCUT2D eigenvalue weighted by molar-refractivity contribution is 0.394. The van der Waals surface area contributed by atoms with Crippen LogP contribution in [0.15, 0.2) is 41.8 Å². The number of nitrogens with one attached hydrogen (secondary N) is 1. The van der Waals surface area contributed by atoms with Gasteiger partial charge in [0.25, 0.3) is 10.0 Å². The van der Waals surface area contributed by atoms with Crippen LogP contribution in [-0.4, -0.2) is 29.2 Å². The first-order valence-electron chi connectivity index (χ1n) is 6.66. The van der Waals surface area contributed by atoms with Gasteiger partial charge in [-0.05, 0) is 30.9 Å². The molecule has 0 amide bonds. The standard InChI is InChI=1S/C14H17N3O2S/c1-11-5-2-3-6-12(11)13-7-4-8-17(13)20(18,19)14-9-15-10-16-14/h2-3,5-6,9-10,13H,4,7-8H2,1H3,(H,15,16)/t13-/m1/s1. The third-order valence-electron chi connectivity index (χ3n) is 3.81. The summed E-state index contributed by atoms with van der Waals surface area (Å²) in [5.74, 6) is 0. The van der Waals surface area contributed by atoms with E-state index in [9.17, 15) is 8.42 Å². The van der Waals surface area contributed by atoms with Gasteiger partial charge in [0.2, 0.25) is 0 Å². The van der Waals surface area contributed by atoms with E-state index in [4.69, 9.17) is 0 Å². The molecule has 0 spiro atoms. The highest BCUT2D eigenvalue weighted by Crippen LogP contribution is 2.37. The van der Waals surface area contributed by atoms with Gasteiger partial charge in [-0.1, -0.05) is 24.3 Å². The van der Waals surface area contributed by atoms with Gasteiger partial charge in [-0.15, -0.1) is 0 Å². The van der Waals surface area contributed by atoms with Crippen LogP contribution < -0.4 is 0 Å². The maximum Gasteiger partial charge on any atom is 0.260 e. The Labute approximate surface area is 118 Å². The topological polar surface area (TPSA) is 66.1 Å². The quantitative estimate of drug-likeness (QED) is 0.943. The number of aromatic amines is 1. The van der Waals surface area contributed by atoms with Crippen molar-refractivity contribution in [2.24, 2.45) is 0 Å². The van der Waals surface area contributed by atoms with E-state index < -0.39 is 10.0 Å². The van der Waals surface area contributed by atoms with Crippen LogP contribution in [-0.2, 0) is 10.0 Å². The number of nitrogens with zero attached hydrogens (tertiary/aromatic N) is 2. The van der Waals surface area contributed by atoms with Crippen LogP contribution in [0.25, 0.3) is 0 Å². The van der Waals surface area contributed by atoms with E-state index in [2.05, 4.69) is 9.97 Å². The lowest BCUT2D eigenvalue weighted by atomic mass is 10.0. The van der Waals surface area contributed by atoms with Crippen LogP contribution in [0.3, 0.4) is 0 Å². The predicted molar refractivity (Wildman–Crippen MR) is 75.6 cm³/mol. The van der Waals surface area contributed by atoms with E-state index in [0.29, 0.717) is 6.54 Å². The van der Waals surface area contributed by atoms with Gasteiger partial charge < -0.3 is 4.98 Å². The summed E-state index contributed by atoms with van der Waals surface area (Å²) in [6.45, 7) is 2.58. The molecular formula is C14H17N3O2S. The van der Waals surface area contributed by atoms with Gasteiger partial charge in [0.15, 0.2) is 5.03 Å². The Kier molecular flexibility index (Phi) is 3.35. The monoisotopic (exact) mass is 291 g/mol. The average molecular weight is 291 g/mol. The minimum absolute atomic E-state index is 0.0792. The van der Waals surface area contributed by atoms with Gasteiger partial charge in [0.1, 0.15) is 0 Å². The molecular weight excluding hydrogens is 274 g/mol. The van der Waals surface area contributed by atoms with Crippen LogP contribution >= 0.6 is 0 Å². The third-order valence-corrected chi connectivity index (χ3v) is 5.64. The number of aryl methyl sites for hydroxylation is 1. The second kappa shape index (κ2) is 5.03. The number of hydrogen-bond acceptors (Lipinski definition) is 3. The molecule has 0 saturated carbocycles. The number of sulfonamides is 1. The molecule has 5 nitrogen and oxygen atoms in total. The fourth-order valence-corrected chi connectivity index (χ4v) is 4.38. The van der Waals surface area contributed by atoms with E-state index in [-0.39, 0.29) is 11.1 Å². The average Bonchev–Trinajstić information content (AvgIpc) is 3.11. The highest BCUT2D eigenvalue weighted by Gasteiger charge is 2.37. The summed E-state index contributed by atoms with van der Waals surface area (Å²) in [5.41, 5.74) is 2.22. The van der Waals surface area contributed by atoms with Crippen LogP contribution in [0.5, 0.6) is 0 Å². The van der Waals surface area contributed by atoms with Crippen molar-refractivity contribution in [1.29, 1.82) is 0 Å². The summed E-state index contributed by atoms with van der Waals surface area (Å²) >= 11 is 0. The minimum atomic E-state index is -3.49. The van der Waals surface area contributed by atoms with Crippen LogP contribution in [0.1, 0.15) is 30.0 Å². The molecule has 0 bridgehead atoms. The molecule has 2 heterocycles. The van der Waals surface area contributed by atoms with Crippen molar-refractivity contribution in [3.05, 3.63) is 47.9 Å². The number of benzene rings is 1. The summed E-state index contributed by atoms with van der Waals surface area (Å²) in [4.78, 5) is 6.51. The van der Waals surface area contributed by atoms with Crippen LogP contribution in [0.2, 0.25) is 0 Å². The SMILES string of the molecule is Cc1ccccc1[C@H]1CCCN1S(=O)(=O)c1cnc[nH]1. The van der Waals surface area contributed by atoms with Crippen LogP contribution in [0, 0.1) is 6.92 Å². The fraction of sp³-hybridized carbons (Fsp3) is 0.357. The highest BCUT2D eigenvalue weighted by atomic mass is 32.2. The fourth-order valence-electron chi connectivity index (χ4n) is 2.81. The predicted octanol–water partition coefficient (Wildman–Crippen LogP) is 2.24. The molecule has 0 unspecified atom stereocenters. The van der Waals surface area contributed by atoms with Crippen molar-refractivity contribution in [2.75, 3.05) is 6.54 Å². The van der Waals surface area contributed by atoms with Gasteiger partial charge in [0, 0.05) is 6.54 Å². The van der Waals surface area contributed by atoms with Crippen molar-refractivity contribution >= 4 is 10.0 Å². The molecule has 1 N–H and O–H groups in total. The first-order chi connectivity index (χ1) is 9.60. The summed E-state index contributed by atoms with van der Waals surface area (Å²) in [7, 11) is -3.49. The second-order valence-electron chi connectivity index (χ2n) is 5.05.